The molecule has 9 nitrogen and oxygen atoms in total. The number of ketones is 1. The first-order valence-corrected chi connectivity index (χ1v) is 9.30. The zero-order valence-electron chi connectivity index (χ0n) is 15.7. The molecule has 1 atom stereocenters. The van der Waals surface area contributed by atoms with E-state index in [9.17, 15) is 9.59 Å². The Balaban J connectivity index is 1.49. The van der Waals surface area contributed by atoms with Gasteiger partial charge in [-0.2, -0.15) is 0 Å². The number of rotatable bonds is 5. The molecule has 1 N–H and O–H groups in total. The number of aromatic nitrogens is 3. The van der Waals surface area contributed by atoms with E-state index < -0.39 is 6.04 Å². The van der Waals surface area contributed by atoms with Crippen molar-refractivity contribution < 1.29 is 14.3 Å². The molecular weight excluding hydrogens is 360 g/mol. The zero-order valence-corrected chi connectivity index (χ0v) is 15.7. The van der Waals surface area contributed by atoms with Gasteiger partial charge >= 0.3 is 0 Å². The van der Waals surface area contributed by atoms with Gasteiger partial charge in [0.2, 0.25) is 11.7 Å². The summed E-state index contributed by atoms with van der Waals surface area (Å²) in [6.45, 7) is 5.12. The average molecular weight is 382 g/mol. The minimum atomic E-state index is -0.559. The lowest BCUT2D eigenvalue weighted by Crippen LogP contribution is -2.43. The second-order valence-corrected chi connectivity index (χ2v) is 6.77. The third kappa shape index (κ3) is 3.58. The third-order valence-corrected chi connectivity index (χ3v) is 4.98. The van der Waals surface area contributed by atoms with E-state index in [1.807, 2.05) is 6.07 Å². The summed E-state index contributed by atoms with van der Waals surface area (Å²) in [5.74, 6) is -0.303. The van der Waals surface area contributed by atoms with Crippen LogP contribution in [0.25, 0.3) is 0 Å². The number of fused-ring (bicyclic) bond motifs is 1. The van der Waals surface area contributed by atoms with E-state index in [2.05, 4.69) is 25.2 Å². The van der Waals surface area contributed by atoms with E-state index in [0.29, 0.717) is 31.1 Å². The van der Waals surface area contributed by atoms with Crippen molar-refractivity contribution >= 4 is 23.1 Å². The van der Waals surface area contributed by atoms with Gasteiger partial charge in [-0.15, -0.1) is 0 Å². The number of amides is 1. The number of nitrogens with one attached hydrogen (secondary N) is 1. The van der Waals surface area contributed by atoms with Crippen LogP contribution in [0.4, 0.5) is 11.4 Å². The molecule has 0 aromatic carbocycles. The van der Waals surface area contributed by atoms with E-state index in [1.54, 1.807) is 30.3 Å². The summed E-state index contributed by atoms with van der Waals surface area (Å²) in [5, 5.41) is 3.08. The van der Waals surface area contributed by atoms with Gasteiger partial charge in [0.15, 0.2) is 0 Å². The van der Waals surface area contributed by atoms with Crippen LogP contribution >= 0.6 is 0 Å². The minimum Gasteiger partial charge on any atom is -0.378 e. The van der Waals surface area contributed by atoms with Crippen LogP contribution in [0.15, 0.2) is 30.9 Å². The predicted octanol–water partition coefficient (Wildman–Crippen LogP) is 0.416. The molecular formula is C19H22N6O3. The van der Waals surface area contributed by atoms with Gasteiger partial charge in [-0.25, -0.2) is 15.0 Å². The number of hydrogen-bond acceptors (Lipinski definition) is 8. The van der Waals surface area contributed by atoms with E-state index in [1.165, 1.54) is 6.33 Å². The molecule has 2 aromatic rings. The zero-order chi connectivity index (χ0) is 19.5. The molecule has 1 fully saturated rings. The van der Waals surface area contributed by atoms with Crippen molar-refractivity contribution in [3.63, 3.8) is 0 Å². The largest absolute Gasteiger partial charge is 0.378 e. The van der Waals surface area contributed by atoms with Crippen molar-refractivity contribution in [2.45, 2.75) is 19.5 Å². The summed E-state index contributed by atoms with van der Waals surface area (Å²) in [6, 6.07) is 3.11. The lowest BCUT2D eigenvalue weighted by Gasteiger charge is -2.29. The van der Waals surface area contributed by atoms with Gasteiger partial charge in [0.05, 0.1) is 49.1 Å². The Morgan fingerprint density at radius 3 is 2.89 bits per heavy atom. The lowest BCUT2D eigenvalue weighted by atomic mass is 10.2. The molecule has 146 valence electrons. The smallest absolute Gasteiger partial charge is 0.241 e. The van der Waals surface area contributed by atoms with Crippen molar-refractivity contribution in [2.75, 3.05) is 42.6 Å². The summed E-state index contributed by atoms with van der Waals surface area (Å²) in [4.78, 5) is 41.5. The van der Waals surface area contributed by atoms with Crippen LogP contribution in [0, 0.1) is 0 Å². The molecule has 0 radical (unpaired) electrons. The first kappa shape index (κ1) is 18.5. The maximum atomic E-state index is 12.9. The Morgan fingerprint density at radius 1 is 1.32 bits per heavy atom. The fraction of sp³-hybridized carbons (Fsp3) is 0.421. The van der Waals surface area contributed by atoms with Gasteiger partial charge < -0.3 is 15.0 Å². The minimum absolute atomic E-state index is 0.100. The summed E-state index contributed by atoms with van der Waals surface area (Å²) in [7, 11) is 0. The Hall–Kier alpha value is -2.91. The fourth-order valence-electron chi connectivity index (χ4n) is 3.49. The van der Waals surface area contributed by atoms with Crippen molar-refractivity contribution in [3.8, 4) is 0 Å². The molecule has 9 heteroatoms. The van der Waals surface area contributed by atoms with Gasteiger partial charge in [0, 0.05) is 25.8 Å². The van der Waals surface area contributed by atoms with Crippen molar-refractivity contribution in [1.29, 1.82) is 0 Å². The summed E-state index contributed by atoms with van der Waals surface area (Å²) in [5.41, 5.74) is 2.63. The average Bonchev–Trinajstić information content (AvgIpc) is 2.99. The van der Waals surface area contributed by atoms with Crippen LogP contribution in [0.3, 0.4) is 0 Å². The fourth-order valence-corrected chi connectivity index (χ4v) is 3.49. The molecule has 0 spiro atoms. The number of nitrogens with zero attached hydrogens (tertiary/aromatic N) is 5. The number of hydrogen-bond donors (Lipinski definition) is 1. The Labute approximate surface area is 162 Å². The Morgan fingerprint density at radius 2 is 2.14 bits per heavy atom. The molecule has 28 heavy (non-hydrogen) atoms. The van der Waals surface area contributed by atoms with E-state index in [0.717, 1.165) is 24.5 Å². The number of carbonyl (C=O) groups excluding carboxylic acids is 2. The molecule has 1 unspecified atom stereocenters. The lowest BCUT2D eigenvalue weighted by molar-refractivity contribution is -0.118. The van der Waals surface area contributed by atoms with E-state index in [-0.39, 0.29) is 18.2 Å². The monoisotopic (exact) mass is 382 g/mol. The van der Waals surface area contributed by atoms with Crippen LogP contribution in [-0.4, -0.2) is 65.5 Å². The maximum Gasteiger partial charge on any atom is 0.241 e. The molecule has 2 aliphatic heterocycles. The van der Waals surface area contributed by atoms with Crippen LogP contribution in [-0.2, 0) is 16.1 Å². The topological polar surface area (TPSA) is 101 Å². The van der Waals surface area contributed by atoms with Gasteiger partial charge in [-0.1, -0.05) is 0 Å². The highest BCUT2D eigenvalue weighted by atomic mass is 16.5. The van der Waals surface area contributed by atoms with E-state index >= 15 is 0 Å². The number of carbonyl (C=O) groups is 2. The normalized spacial score (nSPS) is 19.0. The molecule has 4 rings (SSSR count). The highest BCUT2D eigenvalue weighted by Gasteiger charge is 2.39. The van der Waals surface area contributed by atoms with Crippen LogP contribution in [0.5, 0.6) is 0 Å². The van der Waals surface area contributed by atoms with Gasteiger partial charge in [-0.3, -0.25) is 14.5 Å². The molecule has 0 saturated carbocycles. The molecule has 1 amide bonds. The van der Waals surface area contributed by atoms with Gasteiger partial charge in [0.25, 0.3) is 0 Å². The highest BCUT2D eigenvalue weighted by Crippen LogP contribution is 2.34. The van der Waals surface area contributed by atoms with Crippen molar-refractivity contribution in [2.24, 2.45) is 0 Å². The Kier molecular flexibility index (Phi) is 5.27. The van der Waals surface area contributed by atoms with Gasteiger partial charge in [0.1, 0.15) is 12.0 Å². The standard InChI is InChI=1S/C19H22N6O3/c1-13-19(27)18-16(8-15(10-22-18)24-4-6-28-7-5-24)25(13)17(26)11-21-9-14-2-3-20-12-23-14/h2-3,8,10,12-13,21H,4-7,9,11H2,1H3. The second kappa shape index (κ2) is 7.99. The van der Waals surface area contributed by atoms with Crippen LogP contribution in [0.2, 0.25) is 0 Å². The van der Waals surface area contributed by atoms with Crippen LogP contribution in [0.1, 0.15) is 23.1 Å². The molecule has 2 aromatic heterocycles. The molecule has 0 aliphatic carbocycles. The molecule has 0 bridgehead atoms. The van der Waals surface area contributed by atoms with E-state index in [4.69, 9.17) is 4.74 Å². The number of pyridine rings is 1. The second-order valence-electron chi connectivity index (χ2n) is 6.77. The van der Waals surface area contributed by atoms with Crippen LogP contribution < -0.4 is 15.1 Å². The number of morpholine rings is 1. The van der Waals surface area contributed by atoms with Gasteiger partial charge in [-0.05, 0) is 19.1 Å². The first-order chi connectivity index (χ1) is 13.6. The molecule has 2 aliphatic rings. The summed E-state index contributed by atoms with van der Waals surface area (Å²) < 4.78 is 5.39. The summed E-state index contributed by atoms with van der Waals surface area (Å²) in [6.07, 6.45) is 4.83. The summed E-state index contributed by atoms with van der Waals surface area (Å²) >= 11 is 0. The SMILES string of the molecule is CC1C(=O)c2ncc(N3CCOCC3)cc2N1C(=O)CNCc1ccncn1. The van der Waals surface area contributed by atoms with Crippen molar-refractivity contribution in [3.05, 3.63) is 42.2 Å². The maximum absolute atomic E-state index is 12.9. The first-order valence-electron chi connectivity index (χ1n) is 9.30. The third-order valence-electron chi connectivity index (χ3n) is 4.98. The molecule has 4 heterocycles. The Bertz CT molecular complexity index is 869. The predicted molar refractivity (Wildman–Crippen MR) is 102 cm³/mol. The molecule has 1 saturated heterocycles. The number of Topliss-reactive ketones (excluding diaryl/α,β-unsaturated/α-hetero) is 1. The number of anilines is 2. The van der Waals surface area contributed by atoms with Crippen molar-refractivity contribution in [1.82, 2.24) is 20.3 Å². The number of ether oxygens (including phenoxy) is 1. The quantitative estimate of drug-likeness (QED) is 0.794. The highest BCUT2D eigenvalue weighted by molar-refractivity contribution is 6.17.